The molecule has 1 aromatic rings. The molecule has 1 saturated heterocycles. The molecule has 2 aliphatic rings. The number of hydrogen-bond donors (Lipinski definition) is 7. The van der Waals surface area contributed by atoms with Crippen LogP contribution >= 0.6 is 0 Å². The summed E-state index contributed by atoms with van der Waals surface area (Å²) in [5.74, 6) is -4.58. The zero-order chi connectivity index (χ0) is 38.6. The maximum Gasteiger partial charge on any atom is 0.335 e. The quantitative estimate of drug-likeness (QED) is 0.0504. The molecular weight excluding hydrogens is 692 g/mol. The fraction of sp³-hybridized carbons (Fsp3) is 0.545. The van der Waals surface area contributed by atoms with Crippen LogP contribution in [0.5, 0.6) is 5.75 Å². The number of aliphatic hydroxyl groups is 3. The number of nitrogens with one attached hydrogen (secondary N) is 3. The van der Waals surface area contributed by atoms with Crippen LogP contribution in [-0.4, -0.2) is 130 Å². The van der Waals surface area contributed by atoms with Crippen molar-refractivity contribution >= 4 is 47.2 Å². The van der Waals surface area contributed by atoms with Crippen molar-refractivity contribution in [3.05, 3.63) is 35.9 Å². The van der Waals surface area contributed by atoms with Gasteiger partial charge in [0.15, 0.2) is 6.10 Å². The summed E-state index contributed by atoms with van der Waals surface area (Å²) in [5, 5.41) is 47.6. The lowest BCUT2D eigenvalue weighted by molar-refractivity contribution is -0.271. The Morgan fingerprint density at radius 2 is 1.50 bits per heavy atom. The molecular formula is C33H44N4O15. The van der Waals surface area contributed by atoms with Crippen molar-refractivity contribution in [1.82, 2.24) is 15.5 Å². The van der Waals surface area contributed by atoms with E-state index >= 15 is 0 Å². The molecule has 2 aliphatic heterocycles. The number of aliphatic hydroxyl groups excluding tert-OH is 3. The van der Waals surface area contributed by atoms with Gasteiger partial charge >= 0.3 is 11.9 Å². The van der Waals surface area contributed by atoms with E-state index in [9.17, 15) is 54.0 Å². The molecule has 52 heavy (non-hydrogen) atoms. The zero-order valence-electron chi connectivity index (χ0n) is 28.9. The minimum atomic E-state index is -1.95. The second-order valence-electron chi connectivity index (χ2n) is 12.8. The van der Waals surface area contributed by atoms with Crippen molar-refractivity contribution in [2.45, 2.75) is 77.3 Å². The van der Waals surface area contributed by atoms with E-state index in [1.807, 2.05) is 0 Å². The van der Waals surface area contributed by atoms with Crippen LogP contribution in [-0.2, 0) is 54.4 Å². The Bertz CT molecular complexity index is 1510. The first kappa shape index (κ1) is 41.5. The number of imide groups is 1. The Labute approximate surface area is 298 Å². The molecule has 3 rings (SSSR count). The summed E-state index contributed by atoms with van der Waals surface area (Å²) in [5.41, 5.74) is -0.363. The standard InChI is InChI=1S/C33H44N4O15/c1-33(2,3)32(48)50-17-18-4-5-20(51-31-28(45)26(43)27(44)29(52-31)30(46)47)19(16-18)36-23(40)8-11-34-22(39)10-14-49-15-12-35-21(38)9-13-37-24(41)6-7-25(37)42/h4-7,16,26-29,31,43-45H,8-15,17H2,1-3H3,(H,34,39)(H,35,38)(H,36,40)(H,46,47)/t26-,27-,28+,29-,31+/m0/s1. The van der Waals surface area contributed by atoms with Gasteiger partial charge in [0.25, 0.3) is 11.8 Å². The predicted molar refractivity (Wildman–Crippen MR) is 176 cm³/mol. The molecule has 1 aromatic carbocycles. The van der Waals surface area contributed by atoms with E-state index in [0.717, 1.165) is 17.1 Å². The van der Waals surface area contributed by atoms with Gasteiger partial charge in [-0.2, -0.15) is 0 Å². The van der Waals surface area contributed by atoms with Crippen molar-refractivity contribution in [2.24, 2.45) is 5.41 Å². The number of aliphatic carboxylic acids is 1. The van der Waals surface area contributed by atoms with Crippen molar-refractivity contribution in [3.8, 4) is 5.75 Å². The number of rotatable bonds is 18. The third-order valence-corrected chi connectivity index (χ3v) is 7.54. The second-order valence-corrected chi connectivity index (χ2v) is 12.8. The monoisotopic (exact) mass is 736 g/mol. The highest BCUT2D eigenvalue weighted by Gasteiger charge is 2.48. The van der Waals surface area contributed by atoms with Gasteiger partial charge in [-0.1, -0.05) is 6.07 Å². The Morgan fingerprint density at radius 3 is 2.15 bits per heavy atom. The van der Waals surface area contributed by atoms with E-state index in [1.54, 1.807) is 20.8 Å². The van der Waals surface area contributed by atoms with Gasteiger partial charge in [-0.3, -0.25) is 33.7 Å². The number of hydrogen-bond acceptors (Lipinski definition) is 14. The molecule has 286 valence electrons. The van der Waals surface area contributed by atoms with Crippen LogP contribution in [0.4, 0.5) is 5.69 Å². The Morgan fingerprint density at radius 1 is 0.846 bits per heavy atom. The summed E-state index contributed by atoms with van der Waals surface area (Å²) in [4.78, 5) is 84.7. The third-order valence-electron chi connectivity index (χ3n) is 7.54. The third kappa shape index (κ3) is 12.4. The zero-order valence-corrected chi connectivity index (χ0v) is 28.9. The average Bonchev–Trinajstić information content (AvgIpc) is 3.40. The van der Waals surface area contributed by atoms with Crippen molar-refractivity contribution in [2.75, 3.05) is 38.2 Å². The fourth-order valence-corrected chi connectivity index (χ4v) is 4.61. The number of nitrogens with zero attached hydrogens (tertiary/aromatic N) is 1. The maximum atomic E-state index is 12.9. The van der Waals surface area contributed by atoms with E-state index in [0.29, 0.717) is 5.56 Å². The Balaban J connectivity index is 1.47. The minimum Gasteiger partial charge on any atom is -0.479 e. The molecule has 0 aliphatic carbocycles. The first-order valence-corrected chi connectivity index (χ1v) is 16.3. The number of carbonyl (C=O) groups excluding carboxylic acids is 6. The van der Waals surface area contributed by atoms with Crippen LogP contribution in [0.2, 0.25) is 0 Å². The van der Waals surface area contributed by atoms with E-state index < -0.39 is 71.7 Å². The molecule has 1 fully saturated rings. The van der Waals surface area contributed by atoms with Gasteiger partial charge < -0.3 is 55.3 Å². The lowest BCUT2D eigenvalue weighted by Gasteiger charge is -2.38. The molecule has 7 N–H and O–H groups in total. The molecule has 5 amide bonds. The highest BCUT2D eigenvalue weighted by molar-refractivity contribution is 6.13. The number of esters is 1. The molecule has 5 atom stereocenters. The van der Waals surface area contributed by atoms with Gasteiger partial charge in [0, 0.05) is 51.0 Å². The largest absolute Gasteiger partial charge is 0.479 e. The van der Waals surface area contributed by atoms with Crippen molar-refractivity contribution in [3.63, 3.8) is 0 Å². The summed E-state index contributed by atoms with van der Waals surface area (Å²) < 4.78 is 21.5. The number of benzene rings is 1. The number of amides is 5. The minimum absolute atomic E-state index is 0.000516. The Kier molecular flexibility index (Phi) is 15.2. The number of carboxylic acids is 1. The normalized spacial score (nSPS) is 21.4. The molecule has 0 bridgehead atoms. The molecule has 0 aromatic heterocycles. The highest BCUT2D eigenvalue weighted by atomic mass is 16.7. The topological polar surface area (TPSA) is 277 Å². The van der Waals surface area contributed by atoms with Crippen molar-refractivity contribution in [1.29, 1.82) is 0 Å². The predicted octanol–water partition coefficient (Wildman–Crippen LogP) is -1.67. The van der Waals surface area contributed by atoms with Gasteiger partial charge in [-0.05, 0) is 38.5 Å². The average molecular weight is 737 g/mol. The van der Waals surface area contributed by atoms with E-state index in [2.05, 4.69) is 16.0 Å². The summed E-state index contributed by atoms with van der Waals surface area (Å²) in [7, 11) is 0. The van der Waals surface area contributed by atoms with Crippen LogP contribution in [0.3, 0.4) is 0 Å². The van der Waals surface area contributed by atoms with Crippen LogP contribution < -0.4 is 20.7 Å². The van der Waals surface area contributed by atoms with Crippen LogP contribution in [0.25, 0.3) is 0 Å². The van der Waals surface area contributed by atoms with Gasteiger partial charge in [-0.25, -0.2) is 4.79 Å². The van der Waals surface area contributed by atoms with E-state index in [4.69, 9.17) is 18.9 Å². The first-order chi connectivity index (χ1) is 24.5. The second kappa shape index (κ2) is 19.0. The molecule has 0 spiro atoms. The highest BCUT2D eigenvalue weighted by Crippen LogP contribution is 2.31. The number of ether oxygens (including phenoxy) is 4. The van der Waals surface area contributed by atoms with Gasteiger partial charge in [-0.15, -0.1) is 0 Å². The van der Waals surface area contributed by atoms with Crippen LogP contribution in [0, 0.1) is 5.41 Å². The SMILES string of the molecule is CC(C)(C)C(=O)OCc1ccc(O[C@@H]2O[C@H](C(=O)O)[C@@H](O)[C@H](O)[C@H]2O)c(NC(=O)CCNC(=O)CCOCCNC(=O)CCN2C(=O)C=CC2=O)c1. The fourth-order valence-electron chi connectivity index (χ4n) is 4.61. The van der Waals surface area contributed by atoms with E-state index in [-0.39, 0.29) is 76.1 Å². The smallest absolute Gasteiger partial charge is 0.335 e. The van der Waals surface area contributed by atoms with Gasteiger partial charge in [0.1, 0.15) is 30.7 Å². The molecule has 2 heterocycles. The lowest BCUT2D eigenvalue weighted by Crippen LogP contribution is -2.61. The Hall–Kier alpha value is -4.95. The van der Waals surface area contributed by atoms with Gasteiger partial charge in [0.05, 0.1) is 24.3 Å². The van der Waals surface area contributed by atoms with Crippen LogP contribution in [0.1, 0.15) is 45.6 Å². The molecule has 19 heteroatoms. The number of anilines is 1. The summed E-state index contributed by atoms with van der Waals surface area (Å²) >= 11 is 0. The maximum absolute atomic E-state index is 12.9. The summed E-state index contributed by atoms with van der Waals surface area (Å²) in [6.45, 7) is 4.97. The number of carboxylic acid groups (broad SMARTS) is 1. The van der Waals surface area contributed by atoms with Crippen LogP contribution in [0.15, 0.2) is 30.4 Å². The molecule has 19 nitrogen and oxygen atoms in total. The van der Waals surface area contributed by atoms with E-state index in [1.165, 1.54) is 18.2 Å². The molecule has 0 radical (unpaired) electrons. The first-order valence-electron chi connectivity index (χ1n) is 16.3. The lowest BCUT2D eigenvalue weighted by atomic mass is 9.97. The molecule has 0 unspecified atom stereocenters. The summed E-state index contributed by atoms with van der Waals surface area (Å²) in [6.07, 6.45) is -7.50. The summed E-state index contributed by atoms with van der Waals surface area (Å²) in [6, 6.07) is 4.22. The van der Waals surface area contributed by atoms with Gasteiger partial charge in [0.2, 0.25) is 24.0 Å². The van der Waals surface area contributed by atoms with Crippen molar-refractivity contribution < 1.29 is 72.9 Å². The molecule has 0 saturated carbocycles. The number of carbonyl (C=O) groups is 7.